The fourth-order valence-electron chi connectivity index (χ4n) is 2.19. The number of nitrogens with zero attached hydrogens (tertiary/aromatic N) is 2. The second-order valence-corrected chi connectivity index (χ2v) is 5.46. The molecule has 0 spiro atoms. The Morgan fingerprint density at radius 1 is 1.17 bits per heavy atom. The molecule has 0 unspecified atom stereocenters. The van der Waals surface area contributed by atoms with E-state index in [1.54, 1.807) is 13.2 Å². The number of aromatic nitrogens is 3. The summed E-state index contributed by atoms with van der Waals surface area (Å²) in [5, 5.41) is 10.2. The number of benzene rings is 2. The zero-order chi connectivity index (χ0) is 16.8. The molecule has 0 atom stereocenters. The SMILES string of the molecule is COc1cc(CNc2ncn[nH]2)c(Cl)cc1OCc1ccccc1. The van der Waals surface area contributed by atoms with Crippen LogP contribution in [0.1, 0.15) is 11.1 Å². The molecule has 0 saturated carbocycles. The van der Waals surface area contributed by atoms with E-state index in [4.69, 9.17) is 21.1 Å². The van der Waals surface area contributed by atoms with Gasteiger partial charge in [0.15, 0.2) is 11.5 Å². The molecule has 0 radical (unpaired) electrons. The third-order valence-electron chi connectivity index (χ3n) is 3.43. The molecule has 3 aromatic rings. The van der Waals surface area contributed by atoms with Crippen LogP contribution in [0.2, 0.25) is 5.02 Å². The van der Waals surface area contributed by atoms with E-state index < -0.39 is 0 Å². The van der Waals surface area contributed by atoms with E-state index in [0.29, 0.717) is 35.6 Å². The first kappa shape index (κ1) is 16.1. The molecule has 2 N–H and O–H groups in total. The summed E-state index contributed by atoms with van der Waals surface area (Å²) in [7, 11) is 1.60. The smallest absolute Gasteiger partial charge is 0.218 e. The van der Waals surface area contributed by atoms with Crippen molar-refractivity contribution >= 4 is 17.5 Å². The van der Waals surface area contributed by atoms with Crippen LogP contribution in [-0.4, -0.2) is 22.3 Å². The van der Waals surface area contributed by atoms with Crippen LogP contribution >= 0.6 is 11.6 Å². The highest BCUT2D eigenvalue weighted by atomic mass is 35.5. The first-order valence-electron chi connectivity index (χ1n) is 7.38. The van der Waals surface area contributed by atoms with Crippen molar-refractivity contribution in [3.05, 3.63) is 64.9 Å². The Kier molecular flexibility index (Phi) is 5.18. The van der Waals surface area contributed by atoms with Gasteiger partial charge in [-0.3, -0.25) is 0 Å². The van der Waals surface area contributed by atoms with Gasteiger partial charge < -0.3 is 14.8 Å². The topological polar surface area (TPSA) is 72.1 Å². The summed E-state index contributed by atoms with van der Waals surface area (Å²) in [5.74, 6) is 1.81. The summed E-state index contributed by atoms with van der Waals surface area (Å²) in [6.45, 7) is 0.937. The average Bonchev–Trinajstić information content (AvgIpc) is 3.13. The summed E-state index contributed by atoms with van der Waals surface area (Å²) < 4.78 is 11.3. The molecule has 0 aliphatic carbocycles. The lowest BCUT2D eigenvalue weighted by Crippen LogP contribution is -2.03. The number of aromatic amines is 1. The molecule has 0 bridgehead atoms. The lowest BCUT2D eigenvalue weighted by atomic mass is 10.2. The van der Waals surface area contributed by atoms with E-state index in [0.717, 1.165) is 11.1 Å². The largest absolute Gasteiger partial charge is 0.493 e. The zero-order valence-corrected chi connectivity index (χ0v) is 13.9. The molecule has 24 heavy (non-hydrogen) atoms. The van der Waals surface area contributed by atoms with Crippen molar-refractivity contribution in [2.75, 3.05) is 12.4 Å². The lowest BCUT2D eigenvalue weighted by Gasteiger charge is -2.14. The fraction of sp³-hybridized carbons (Fsp3) is 0.176. The molecule has 0 fully saturated rings. The molecule has 7 heteroatoms. The maximum Gasteiger partial charge on any atom is 0.218 e. The molecule has 0 amide bonds. The van der Waals surface area contributed by atoms with Gasteiger partial charge in [0.2, 0.25) is 5.95 Å². The Morgan fingerprint density at radius 3 is 2.71 bits per heavy atom. The van der Waals surface area contributed by atoms with Crippen molar-refractivity contribution in [2.24, 2.45) is 0 Å². The molecular weight excluding hydrogens is 328 g/mol. The number of halogens is 1. The van der Waals surface area contributed by atoms with Gasteiger partial charge in [-0.15, -0.1) is 0 Å². The molecule has 0 aliphatic rings. The van der Waals surface area contributed by atoms with Crippen molar-refractivity contribution in [3.8, 4) is 11.5 Å². The predicted molar refractivity (Wildman–Crippen MR) is 92.5 cm³/mol. The highest BCUT2D eigenvalue weighted by Gasteiger charge is 2.11. The van der Waals surface area contributed by atoms with Crippen LogP contribution in [0.15, 0.2) is 48.8 Å². The summed E-state index contributed by atoms with van der Waals surface area (Å²) >= 11 is 6.36. The molecular formula is C17H17ClN4O2. The number of nitrogens with one attached hydrogen (secondary N) is 2. The maximum absolute atomic E-state index is 6.36. The van der Waals surface area contributed by atoms with Gasteiger partial charge in [0, 0.05) is 17.6 Å². The second-order valence-electron chi connectivity index (χ2n) is 5.06. The van der Waals surface area contributed by atoms with E-state index in [2.05, 4.69) is 20.5 Å². The van der Waals surface area contributed by atoms with Gasteiger partial charge in [0.25, 0.3) is 0 Å². The normalized spacial score (nSPS) is 10.4. The maximum atomic E-state index is 6.36. The van der Waals surface area contributed by atoms with E-state index in [1.807, 2.05) is 36.4 Å². The van der Waals surface area contributed by atoms with Crippen LogP contribution in [0.4, 0.5) is 5.95 Å². The van der Waals surface area contributed by atoms with Crippen LogP contribution in [0.5, 0.6) is 11.5 Å². The Balaban J connectivity index is 1.72. The number of H-pyrrole nitrogens is 1. The second kappa shape index (κ2) is 7.70. The average molecular weight is 345 g/mol. The number of ether oxygens (including phenoxy) is 2. The van der Waals surface area contributed by atoms with Gasteiger partial charge in [-0.25, -0.2) is 10.1 Å². The summed E-state index contributed by atoms with van der Waals surface area (Å²) in [6.07, 6.45) is 1.44. The van der Waals surface area contributed by atoms with Crippen molar-refractivity contribution in [1.82, 2.24) is 15.2 Å². The third kappa shape index (κ3) is 3.97. The molecule has 124 valence electrons. The molecule has 6 nitrogen and oxygen atoms in total. The van der Waals surface area contributed by atoms with Gasteiger partial charge in [-0.2, -0.15) is 5.10 Å². The van der Waals surface area contributed by atoms with Crippen LogP contribution in [0, 0.1) is 0 Å². The van der Waals surface area contributed by atoms with Gasteiger partial charge in [0.1, 0.15) is 12.9 Å². The Bertz CT molecular complexity index is 779. The Labute approximate surface area is 144 Å². The van der Waals surface area contributed by atoms with Crippen molar-refractivity contribution in [3.63, 3.8) is 0 Å². The highest BCUT2D eigenvalue weighted by Crippen LogP contribution is 2.34. The summed E-state index contributed by atoms with van der Waals surface area (Å²) in [5.41, 5.74) is 1.95. The first-order valence-corrected chi connectivity index (χ1v) is 7.76. The van der Waals surface area contributed by atoms with Crippen molar-refractivity contribution in [1.29, 1.82) is 0 Å². The number of methoxy groups -OCH3 is 1. The molecule has 2 aromatic carbocycles. The van der Waals surface area contributed by atoms with Gasteiger partial charge in [-0.05, 0) is 17.2 Å². The Morgan fingerprint density at radius 2 is 2.00 bits per heavy atom. The standard InChI is InChI=1S/C17H17ClN4O2/c1-23-15-7-13(9-19-17-20-11-21-22-17)14(18)8-16(15)24-10-12-5-3-2-4-6-12/h2-8,11H,9-10H2,1H3,(H2,19,20,21,22). The van der Waals surface area contributed by atoms with E-state index in [1.165, 1.54) is 6.33 Å². The lowest BCUT2D eigenvalue weighted by molar-refractivity contribution is 0.284. The molecule has 0 aliphatic heterocycles. The monoisotopic (exact) mass is 344 g/mol. The van der Waals surface area contributed by atoms with E-state index in [-0.39, 0.29) is 0 Å². The summed E-state index contributed by atoms with van der Waals surface area (Å²) in [4.78, 5) is 4.01. The summed E-state index contributed by atoms with van der Waals surface area (Å²) in [6, 6.07) is 13.5. The fourth-order valence-corrected chi connectivity index (χ4v) is 2.41. The van der Waals surface area contributed by atoms with E-state index in [9.17, 15) is 0 Å². The highest BCUT2D eigenvalue weighted by molar-refractivity contribution is 6.31. The van der Waals surface area contributed by atoms with E-state index >= 15 is 0 Å². The minimum atomic E-state index is 0.448. The minimum absolute atomic E-state index is 0.448. The van der Waals surface area contributed by atoms with Crippen molar-refractivity contribution < 1.29 is 9.47 Å². The predicted octanol–water partition coefficient (Wildman–Crippen LogP) is 3.66. The van der Waals surface area contributed by atoms with Gasteiger partial charge in [-0.1, -0.05) is 41.9 Å². The zero-order valence-electron chi connectivity index (χ0n) is 13.1. The quantitative estimate of drug-likeness (QED) is 0.684. The molecule has 0 saturated heterocycles. The number of anilines is 1. The minimum Gasteiger partial charge on any atom is -0.493 e. The third-order valence-corrected chi connectivity index (χ3v) is 3.78. The molecule has 3 rings (SSSR count). The number of rotatable bonds is 7. The van der Waals surface area contributed by atoms with Crippen LogP contribution in [-0.2, 0) is 13.2 Å². The molecule has 1 aromatic heterocycles. The Hall–Kier alpha value is -2.73. The number of hydrogen-bond acceptors (Lipinski definition) is 5. The van der Waals surface area contributed by atoms with Gasteiger partial charge in [0.05, 0.1) is 7.11 Å². The van der Waals surface area contributed by atoms with Crippen LogP contribution in [0.25, 0.3) is 0 Å². The van der Waals surface area contributed by atoms with Crippen molar-refractivity contribution in [2.45, 2.75) is 13.2 Å². The van der Waals surface area contributed by atoms with Crippen LogP contribution in [0.3, 0.4) is 0 Å². The first-order chi connectivity index (χ1) is 11.8. The van der Waals surface area contributed by atoms with Gasteiger partial charge >= 0.3 is 0 Å². The molecule has 1 heterocycles. The van der Waals surface area contributed by atoms with Crippen LogP contribution < -0.4 is 14.8 Å². The number of hydrogen-bond donors (Lipinski definition) is 2.